The van der Waals surface area contributed by atoms with E-state index in [1.807, 2.05) is 13.0 Å². The summed E-state index contributed by atoms with van der Waals surface area (Å²) in [6, 6.07) is 16.8. The van der Waals surface area contributed by atoms with Gasteiger partial charge in [-0.1, -0.05) is 56.3 Å². The van der Waals surface area contributed by atoms with Gasteiger partial charge in [0.25, 0.3) is 0 Å². The first-order valence-corrected chi connectivity index (χ1v) is 11.7. The number of aromatic nitrogens is 2. The van der Waals surface area contributed by atoms with Crippen LogP contribution in [0.2, 0.25) is 0 Å². The van der Waals surface area contributed by atoms with E-state index in [9.17, 15) is 9.18 Å². The van der Waals surface area contributed by atoms with Crippen molar-refractivity contribution in [1.29, 1.82) is 0 Å². The van der Waals surface area contributed by atoms with Crippen molar-refractivity contribution in [3.63, 3.8) is 0 Å². The highest BCUT2D eigenvalue weighted by molar-refractivity contribution is 5.94. The maximum atomic E-state index is 15.0. The fourth-order valence-corrected chi connectivity index (χ4v) is 4.59. The van der Waals surface area contributed by atoms with Crippen LogP contribution in [0.5, 0.6) is 0 Å². The molecule has 6 nitrogen and oxygen atoms in total. The number of halogens is 2. The van der Waals surface area contributed by atoms with Gasteiger partial charge >= 0.3 is 0 Å². The topological polar surface area (TPSA) is 62.5 Å². The highest BCUT2D eigenvalue weighted by Gasteiger charge is 2.49. The third-order valence-corrected chi connectivity index (χ3v) is 6.48. The van der Waals surface area contributed by atoms with Gasteiger partial charge in [0, 0.05) is 32.5 Å². The van der Waals surface area contributed by atoms with Gasteiger partial charge in [-0.15, -0.1) is 22.6 Å². The largest absolute Gasteiger partial charge is 0.423 e. The van der Waals surface area contributed by atoms with E-state index in [1.54, 1.807) is 30.0 Å². The van der Waals surface area contributed by atoms with E-state index in [4.69, 9.17) is 4.42 Å². The van der Waals surface area contributed by atoms with Crippen molar-refractivity contribution < 1.29 is 13.6 Å². The van der Waals surface area contributed by atoms with Crippen LogP contribution in [0.4, 0.5) is 10.1 Å². The molecular weight excluding hydrogens is 455 g/mol. The summed E-state index contributed by atoms with van der Waals surface area (Å²) in [6.07, 6.45) is 3.00. The maximum absolute atomic E-state index is 15.0. The first-order chi connectivity index (χ1) is 16.1. The number of anilines is 1. The second-order valence-corrected chi connectivity index (χ2v) is 8.50. The van der Waals surface area contributed by atoms with Gasteiger partial charge in [-0.25, -0.2) is 4.39 Å². The van der Waals surface area contributed by atoms with Crippen LogP contribution in [-0.2, 0) is 23.2 Å². The highest BCUT2D eigenvalue weighted by atomic mass is 35.5. The molecule has 1 aliphatic rings. The van der Waals surface area contributed by atoms with Crippen molar-refractivity contribution >= 4 is 24.0 Å². The maximum Gasteiger partial charge on any atom is 0.242 e. The molecule has 0 saturated carbocycles. The van der Waals surface area contributed by atoms with Crippen molar-refractivity contribution in [3.05, 3.63) is 77.8 Å². The Kier molecular flexibility index (Phi) is 8.80. The molecule has 0 spiro atoms. The van der Waals surface area contributed by atoms with E-state index < -0.39 is 11.4 Å². The molecule has 34 heavy (non-hydrogen) atoms. The number of benzene rings is 2. The minimum atomic E-state index is -0.876. The van der Waals surface area contributed by atoms with E-state index in [2.05, 4.69) is 39.4 Å². The summed E-state index contributed by atoms with van der Waals surface area (Å²) in [7, 11) is 0. The van der Waals surface area contributed by atoms with Crippen LogP contribution in [0, 0.1) is 5.82 Å². The van der Waals surface area contributed by atoms with E-state index in [-0.39, 0.29) is 30.4 Å². The number of rotatable bonds is 8. The van der Waals surface area contributed by atoms with Gasteiger partial charge in [0.15, 0.2) is 0 Å². The van der Waals surface area contributed by atoms with Crippen LogP contribution in [-0.4, -0.2) is 40.6 Å². The molecule has 0 bridgehead atoms. The predicted octanol–water partition coefficient (Wildman–Crippen LogP) is 5.17. The third kappa shape index (κ3) is 5.31. The summed E-state index contributed by atoms with van der Waals surface area (Å²) < 4.78 is 21.0. The molecule has 0 unspecified atom stereocenters. The Hall–Kier alpha value is -2.77. The molecule has 1 saturated heterocycles. The van der Waals surface area contributed by atoms with Crippen molar-refractivity contribution in [1.82, 2.24) is 15.1 Å². The Morgan fingerprint density at radius 2 is 1.74 bits per heavy atom. The summed E-state index contributed by atoms with van der Waals surface area (Å²) in [4.78, 5) is 17.2. The summed E-state index contributed by atoms with van der Waals surface area (Å²) in [5, 5.41) is 8.51. The number of nitrogens with zero attached hydrogens (tertiary/aromatic N) is 4. The standard InChI is InChI=1S/C26H31FN4O2.ClH/c1-3-23-28-29-25(33-23)26(31(24(32)4-2)22-13-9-8-12-21(22)27)15-18-30(19-16-26)17-14-20-10-6-5-7-11-20;/h5-13H,3-4,14-19H2,1-2H3;1H. The summed E-state index contributed by atoms with van der Waals surface area (Å²) in [6.45, 7) is 6.16. The molecule has 1 aliphatic heterocycles. The van der Waals surface area contributed by atoms with Crippen LogP contribution in [0.3, 0.4) is 0 Å². The Morgan fingerprint density at radius 1 is 1.06 bits per heavy atom. The Bertz CT molecular complexity index is 1070. The quantitative estimate of drug-likeness (QED) is 0.439. The van der Waals surface area contributed by atoms with Crippen LogP contribution in [0.15, 0.2) is 59.0 Å². The van der Waals surface area contributed by atoms with Gasteiger partial charge < -0.3 is 9.32 Å². The predicted molar refractivity (Wildman–Crippen MR) is 133 cm³/mol. The van der Waals surface area contributed by atoms with E-state index in [0.717, 1.165) is 26.1 Å². The molecule has 3 aromatic rings. The van der Waals surface area contributed by atoms with Gasteiger partial charge in [0.2, 0.25) is 17.7 Å². The molecule has 0 atom stereocenters. The number of amides is 1. The minimum Gasteiger partial charge on any atom is -0.423 e. The fraction of sp³-hybridized carbons (Fsp3) is 0.423. The summed E-state index contributed by atoms with van der Waals surface area (Å²) in [5.74, 6) is 0.329. The number of likely N-dealkylation sites (tertiary alicyclic amines) is 1. The van der Waals surface area contributed by atoms with Crippen LogP contribution in [0.25, 0.3) is 0 Å². The molecule has 0 N–H and O–H groups in total. The smallest absolute Gasteiger partial charge is 0.242 e. The molecule has 182 valence electrons. The van der Waals surface area contributed by atoms with Gasteiger partial charge in [-0.05, 0) is 37.0 Å². The number of carbonyl (C=O) groups excluding carboxylic acids is 1. The molecular formula is C26H32ClFN4O2. The summed E-state index contributed by atoms with van der Waals surface area (Å²) in [5.41, 5.74) is 0.685. The first kappa shape index (κ1) is 25.8. The average Bonchev–Trinajstić information content (AvgIpc) is 3.35. The second-order valence-electron chi connectivity index (χ2n) is 8.50. The zero-order valence-corrected chi connectivity index (χ0v) is 20.6. The lowest BCUT2D eigenvalue weighted by Crippen LogP contribution is -2.56. The number of para-hydroxylation sites is 1. The average molecular weight is 487 g/mol. The van der Waals surface area contributed by atoms with Crippen LogP contribution >= 0.6 is 12.4 Å². The van der Waals surface area contributed by atoms with E-state index in [1.165, 1.54) is 11.6 Å². The molecule has 1 amide bonds. The highest BCUT2D eigenvalue weighted by Crippen LogP contribution is 2.42. The number of aryl methyl sites for hydroxylation is 1. The Morgan fingerprint density at radius 3 is 2.35 bits per heavy atom. The number of hydrogen-bond acceptors (Lipinski definition) is 5. The van der Waals surface area contributed by atoms with Crippen LogP contribution in [0.1, 0.15) is 50.5 Å². The van der Waals surface area contributed by atoms with Crippen molar-refractivity contribution in [2.45, 2.75) is 51.5 Å². The number of carbonyl (C=O) groups is 1. The zero-order valence-electron chi connectivity index (χ0n) is 19.7. The molecule has 1 fully saturated rings. The summed E-state index contributed by atoms with van der Waals surface area (Å²) >= 11 is 0. The minimum absolute atomic E-state index is 0. The van der Waals surface area contributed by atoms with Crippen LogP contribution < -0.4 is 4.90 Å². The second kappa shape index (κ2) is 11.6. The third-order valence-electron chi connectivity index (χ3n) is 6.48. The molecule has 1 aromatic heterocycles. The molecule has 8 heteroatoms. The van der Waals surface area contributed by atoms with Crippen molar-refractivity contribution in [3.8, 4) is 0 Å². The van der Waals surface area contributed by atoms with Crippen molar-refractivity contribution in [2.75, 3.05) is 24.5 Å². The number of hydrogen-bond donors (Lipinski definition) is 0. The molecule has 0 aliphatic carbocycles. The lowest BCUT2D eigenvalue weighted by atomic mass is 9.84. The molecule has 4 rings (SSSR count). The first-order valence-electron chi connectivity index (χ1n) is 11.7. The fourth-order valence-electron chi connectivity index (χ4n) is 4.59. The van der Waals surface area contributed by atoms with Gasteiger partial charge in [-0.3, -0.25) is 9.69 Å². The van der Waals surface area contributed by atoms with Gasteiger partial charge in [0.1, 0.15) is 11.4 Å². The monoisotopic (exact) mass is 486 g/mol. The van der Waals surface area contributed by atoms with Gasteiger partial charge in [-0.2, -0.15) is 0 Å². The van der Waals surface area contributed by atoms with E-state index in [0.29, 0.717) is 31.0 Å². The molecule has 2 aromatic carbocycles. The number of piperidine rings is 1. The van der Waals surface area contributed by atoms with Crippen molar-refractivity contribution in [2.24, 2.45) is 0 Å². The Labute approximate surface area is 206 Å². The van der Waals surface area contributed by atoms with Gasteiger partial charge in [0.05, 0.1) is 5.69 Å². The normalized spacial score (nSPS) is 15.5. The Balaban J connectivity index is 0.00000324. The lowest BCUT2D eigenvalue weighted by Gasteiger charge is -2.46. The SMILES string of the molecule is CCC(=O)N(c1ccccc1F)C1(c2nnc(CC)o2)CCN(CCc2ccccc2)CC1.Cl. The lowest BCUT2D eigenvalue weighted by molar-refractivity contribution is -0.120. The zero-order chi connectivity index (χ0) is 23.3. The molecule has 2 heterocycles. The van der Waals surface area contributed by atoms with E-state index >= 15 is 0 Å². The molecule has 0 radical (unpaired) electrons.